The number of hydrogen-bond donors (Lipinski definition) is 1. The third-order valence-electron chi connectivity index (χ3n) is 2.23. The molecule has 0 aromatic carbocycles. The molecule has 90 valence electrons. The second-order valence-corrected chi connectivity index (χ2v) is 5.98. The average Bonchev–Trinajstić information content (AvgIpc) is 2.62. The molecule has 3 nitrogen and oxygen atoms in total. The Labute approximate surface area is 105 Å². The number of esters is 1. The fourth-order valence-corrected chi connectivity index (χ4v) is 2.35. The Bertz CT molecular complexity index is 363. The van der Waals surface area contributed by atoms with Crippen LogP contribution in [-0.2, 0) is 16.1 Å². The molecule has 1 aromatic rings. The fraction of sp³-hybridized carbons (Fsp3) is 0.545. The van der Waals surface area contributed by atoms with E-state index in [0.717, 1.165) is 15.8 Å². The Hall–Kier alpha value is -0.580. The summed E-state index contributed by atoms with van der Waals surface area (Å²) in [6.07, 6.45) is 0. The number of thiophene rings is 1. The van der Waals surface area contributed by atoms with Crippen molar-refractivity contribution in [2.75, 3.05) is 13.7 Å². The molecule has 1 heterocycles. The second-order valence-electron chi connectivity index (χ2n) is 4.18. The highest BCUT2D eigenvalue weighted by Crippen LogP contribution is 2.21. The van der Waals surface area contributed by atoms with Crippen LogP contribution in [0, 0.1) is 5.41 Å². The molecule has 1 N–H and O–H groups in total. The van der Waals surface area contributed by atoms with Gasteiger partial charge in [-0.15, -0.1) is 11.3 Å². The molecule has 0 fully saturated rings. The van der Waals surface area contributed by atoms with Crippen molar-refractivity contribution in [3.63, 3.8) is 0 Å². The maximum atomic E-state index is 11.4. The molecule has 1 aromatic heterocycles. The van der Waals surface area contributed by atoms with E-state index in [2.05, 4.69) is 5.32 Å². The first-order valence-electron chi connectivity index (χ1n) is 4.99. The second kappa shape index (κ2) is 5.66. The molecule has 1 rings (SSSR count). The van der Waals surface area contributed by atoms with E-state index in [1.165, 1.54) is 18.4 Å². The van der Waals surface area contributed by atoms with Crippen LogP contribution >= 0.6 is 22.9 Å². The van der Waals surface area contributed by atoms with E-state index in [1.54, 1.807) is 0 Å². The molecule has 0 amide bonds. The van der Waals surface area contributed by atoms with Crippen LogP contribution in [0.1, 0.15) is 18.7 Å². The lowest BCUT2D eigenvalue weighted by molar-refractivity contribution is -0.150. The molecule has 0 aliphatic heterocycles. The Morgan fingerprint density at radius 2 is 2.25 bits per heavy atom. The third-order valence-corrected chi connectivity index (χ3v) is 3.46. The number of halogens is 1. The summed E-state index contributed by atoms with van der Waals surface area (Å²) in [5.41, 5.74) is -0.504. The van der Waals surface area contributed by atoms with Gasteiger partial charge in [0.15, 0.2) is 0 Å². The fourth-order valence-electron chi connectivity index (χ4n) is 1.29. The van der Waals surface area contributed by atoms with Crippen LogP contribution in [0.5, 0.6) is 0 Å². The first-order valence-corrected chi connectivity index (χ1v) is 6.18. The first-order chi connectivity index (χ1) is 7.45. The number of rotatable bonds is 5. The van der Waals surface area contributed by atoms with Crippen LogP contribution in [0.4, 0.5) is 0 Å². The quantitative estimate of drug-likeness (QED) is 0.829. The zero-order chi connectivity index (χ0) is 12.2. The van der Waals surface area contributed by atoms with Gasteiger partial charge in [-0.2, -0.15) is 0 Å². The molecule has 5 heteroatoms. The first kappa shape index (κ1) is 13.5. The van der Waals surface area contributed by atoms with E-state index in [1.807, 2.05) is 26.0 Å². The molecule has 0 radical (unpaired) electrons. The summed E-state index contributed by atoms with van der Waals surface area (Å²) in [6, 6.07) is 3.85. The normalized spacial score (nSPS) is 11.5. The molecule has 0 aliphatic carbocycles. The molecular formula is C11H16ClNO2S. The molecule has 0 atom stereocenters. The van der Waals surface area contributed by atoms with Crippen LogP contribution in [0.25, 0.3) is 0 Å². The molecule has 0 saturated carbocycles. The summed E-state index contributed by atoms with van der Waals surface area (Å²) in [6.45, 7) is 5.01. The largest absolute Gasteiger partial charge is 0.469 e. The van der Waals surface area contributed by atoms with Crippen LogP contribution in [0.15, 0.2) is 12.1 Å². The van der Waals surface area contributed by atoms with Crippen molar-refractivity contribution in [2.24, 2.45) is 5.41 Å². The van der Waals surface area contributed by atoms with Crippen molar-refractivity contribution in [1.82, 2.24) is 5.32 Å². The van der Waals surface area contributed by atoms with Crippen molar-refractivity contribution < 1.29 is 9.53 Å². The summed E-state index contributed by atoms with van der Waals surface area (Å²) in [4.78, 5) is 12.6. The number of methoxy groups -OCH3 is 1. The number of ether oxygens (including phenoxy) is 1. The van der Waals surface area contributed by atoms with Gasteiger partial charge in [-0.1, -0.05) is 11.6 Å². The van der Waals surface area contributed by atoms with Crippen LogP contribution in [0.3, 0.4) is 0 Å². The summed E-state index contributed by atoms with van der Waals surface area (Å²) < 4.78 is 5.51. The lowest BCUT2D eigenvalue weighted by atomic mass is 9.94. The van der Waals surface area contributed by atoms with Crippen LogP contribution in [-0.4, -0.2) is 19.6 Å². The molecule has 0 spiro atoms. The Kier molecular flexibility index (Phi) is 4.77. The predicted octanol–water partition coefficient (Wildman–Crippen LogP) is 2.69. The standard InChI is InChI=1S/C11H16ClNO2S/c1-11(2,10(14)15-3)7-13-6-8-4-5-9(12)16-8/h4-5,13H,6-7H2,1-3H3. The Balaban J connectivity index is 2.38. The minimum Gasteiger partial charge on any atom is -0.469 e. The van der Waals surface area contributed by atoms with Gasteiger partial charge in [-0.05, 0) is 26.0 Å². The van der Waals surface area contributed by atoms with E-state index in [-0.39, 0.29) is 5.97 Å². The maximum absolute atomic E-state index is 11.4. The van der Waals surface area contributed by atoms with E-state index in [4.69, 9.17) is 16.3 Å². The Morgan fingerprint density at radius 1 is 1.56 bits per heavy atom. The molecule has 0 saturated heterocycles. The van der Waals surface area contributed by atoms with E-state index in [9.17, 15) is 4.79 Å². The number of hydrogen-bond acceptors (Lipinski definition) is 4. The van der Waals surface area contributed by atoms with Gasteiger partial charge in [-0.3, -0.25) is 4.79 Å². The van der Waals surface area contributed by atoms with Gasteiger partial charge in [0, 0.05) is 18.0 Å². The van der Waals surface area contributed by atoms with E-state index in [0.29, 0.717) is 6.54 Å². The monoisotopic (exact) mass is 261 g/mol. The van der Waals surface area contributed by atoms with E-state index < -0.39 is 5.41 Å². The van der Waals surface area contributed by atoms with Gasteiger partial charge in [-0.25, -0.2) is 0 Å². The summed E-state index contributed by atoms with van der Waals surface area (Å²) in [7, 11) is 1.41. The zero-order valence-electron chi connectivity index (χ0n) is 9.67. The third kappa shape index (κ3) is 3.77. The highest BCUT2D eigenvalue weighted by molar-refractivity contribution is 7.16. The molecule has 0 aliphatic rings. The minimum atomic E-state index is -0.504. The molecule has 0 bridgehead atoms. The maximum Gasteiger partial charge on any atom is 0.312 e. The predicted molar refractivity (Wildman–Crippen MR) is 66.8 cm³/mol. The molecular weight excluding hydrogens is 246 g/mol. The SMILES string of the molecule is COC(=O)C(C)(C)CNCc1ccc(Cl)s1. The number of carbonyl (C=O) groups excluding carboxylic acids is 1. The molecule has 0 unspecified atom stereocenters. The smallest absolute Gasteiger partial charge is 0.312 e. The van der Waals surface area contributed by atoms with Crippen LogP contribution in [0.2, 0.25) is 4.34 Å². The Morgan fingerprint density at radius 3 is 2.75 bits per heavy atom. The summed E-state index contributed by atoms with van der Waals surface area (Å²) in [5.74, 6) is -0.204. The van der Waals surface area contributed by atoms with E-state index >= 15 is 0 Å². The van der Waals surface area contributed by atoms with Crippen molar-refractivity contribution in [3.8, 4) is 0 Å². The number of nitrogens with one attached hydrogen (secondary N) is 1. The van der Waals surface area contributed by atoms with Gasteiger partial charge >= 0.3 is 5.97 Å². The van der Waals surface area contributed by atoms with Gasteiger partial charge in [0.25, 0.3) is 0 Å². The lowest BCUT2D eigenvalue weighted by Gasteiger charge is -2.21. The van der Waals surface area contributed by atoms with Gasteiger partial charge in [0.05, 0.1) is 16.9 Å². The highest BCUT2D eigenvalue weighted by atomic mass is 35.5. The van der Waals surface area contributed by atoms with Crippen molar-refractivity contribution in [2.45, 2.75) is 20.4 Å². The van der Waals surface area contributed by atoms with Gasteiger partial charge in [0.2, 0.25) is 0 Å². The summed E-state index contributed by atoms with van der Waals surface area (Å²) >= 11 is 7.36. The van der Waals surface area contributed by atoms with Crippen molar-refractivity contribution in [3.05, 3.63) is 21.3 Å². The zero-order valence-corrected chi connectivity index (χ0v) is 11.2. The van der Waals surface area contributed by atoms with Crippen molar-refractivity contribution >= 4 is 28.9 Å². The van der Waals surface area contributed by atoms with Crippen molar-refractivity contribution in [1.29, 1.82) is 0 Å². The topological polar surface area (TPSA) is 38.3 Å². The van der Waals surface area contributed by atoms with Gasteiger partial charge < -0.3 is 10.1 Å². The van der Waals surface area contributed by atoms with Gasteiger partial charge in [0.1, 0.15) is 0 Å². The van der Waals surface area contributed by atoms with Crippen LogP contribution < -0.4 is 5.32 Å². The summed E-state index contributed by atoms with van der Waals surface area (Å²) in [5, 5.41) is 3.22. The minimum absolute atomic E-state index is 0.204. The molecule has 16 heavy (non-hydrogen) atoms. The highest BCUT2D eigenvalue weighted by Gasteiger charge is 2.27. The average molecular weight is 262 g/mol. The lowest BCUT2D eigenvalue weighted by Crippen LogP contribution is -2.36. The number of carbonyl (C=O) groups is 1.